The van der Waals surface area contributed by atoms with Crippen molar-refractivity contribution in [3.63, 3.8) is 0 Å². The van der Waals surface area contributed by atoms with Crippen LogP contribution in [0.15, 0.2) is 48.6 Å². The Balaban J connectivity index is 2.55. The Labute approximate surface area is 116 Å². The summed E-state index contributed by atoms with van der Waals surface area (Å²) in [4.78, 5) is 0. The molecule has 2 aliphatic rings. The van der Waals surface area contributed by atoms with Gasteiger partial charge in [0.25, 0.3) is 0 Å². The summed E-state index contributed by atoms with van der Waals surface area (Å²) in [5, 5.41) is 0. The Morgan fingerprint density at radius 2 is 1.16 bits per heavy atom. The van der Waals surface area contributed by atoms with Crippen molar-refractivity contribution >= 4 is 9.84 Å². The van der Waals surface area contributed by atoms with Gasteiger partial charge in [-0.3, -0.25) is 0 Å². The molecule has 2 nitrogen and oxygen atoms in total. The van der Waals surface area contributed by atoms with Crippen molar-refractivity contribution in [2.24, 2.45) is 11.8 Å². The third-order valence-electron chi connectivity index (χ3n) is 4.84. The summed E-state index contributed by atoms with van der Waals surface area (Å²) >= 11 is 0. The maximum atomic E-state index is 13.2. The Hall–Kier alpha value is -1.09. The third-order valence-corrected chi connectivity index (χ3v) is 8.17. The minimum absolute atomic E-state index is 0.0224. The molecule has 0 heterocycles. The van der Waals surface area contributed by atoms with E-state index in [1.54, 1.807) is 0 Å². The Kier molecular flexibility index (Phi) is 3.38. The van der Waals surface area contributed by atoms with E-state index < -0.39 is 19.3 Å². The summed E-state index contributed by atoms with van der Waals surface area (Å²) in [6.07, 6.45) is 15.1. The van der Waals surface area contributed by atoms with Gasteiger partial charge in [0.2, 0.25) is 0 Å². The van der Waals surface area contributed by atoms with Crippen LogP contribution in [0.25, 0.3) is 0 Å². The lowest BCUT2D eigenvalue weighted by Crippen LogP contribution is -2.53. The Bertz CT molecular complexity index is 534. The van der Waals surface area contributed by atoms with Crippen molar-refractivity contribution in [1.82, 2.24) is 0 Å². The van der Waals surface area contributed by atoms with Crippen LogP contribution in [0.4, 0.5) is 0 Å². The highest BCUT2D eigenvalue weighted by atomic mass is 32.2. The minimum atomic E-state index is -3.36. The van der Waals surface area contributed by atoms with Gasteiger partial charge in [0.1, 0.15) is 0 Å². The average molecular weight is 278 g/mol. The maximum Gasteiger partial charge on any atom is 0.169 e. The van der Waals surface area contributed by atoms with E-state index in [-0.39, 0.29) is 11.8 Å². The second kappa shape index (κ2) is 4.48. The molecule has 0 fully saturated rings. The fourth-order valence-electron chi connectivity index (χ4n) is 2.78. The normalized spacial score (nSPS) is 41.7. The van der Waals surface area contributed by atoms with Crippen molar-refractivity contribution in [3.8, 4) is 0 Å². The predicted octanol–water partition coefficient (Wildman–Crippen LogP) is 3.44. The summed E-state index contributed by atoms with van der Waals surface area (Å²) in [6, 6.07) is 0. The molecule has 0 amide bonds. The van der Waals surface area contributed by atoms with Gasteiger partial charge in [0.05, 0.1) is 9.49 Å². The van der Waals surface area contributed by atoms with Crippen LogP contribution < -0.4 is 0 Å². The first-order valence-electron chi connectivity index (χ1n) is 6.72. The zero-order valence-corrected chi connectivity index (χ0v) is 12.8. The van der Waals surface area contributed by atoms with Crippen LogP contribution in [0.1, 0.15) is 27.7 Å². The fraction of sp³-hybridized carbons (Fsp3) is 0.500. The quantitative estimate of drug-likeness (QED) is 0.775. The van der Waals surface area contributed by atoms with E-state index in [0.29, 0.717) is 0 Å². The molecule has 0 aromatic rings. The molecule has 19 heavy (non-hydrogen) atoms. The summed E-state index contributed by atoms with van der Waals surface area (Å²) < 4.78 is 24.8. The van der Waals surface area contributed by atoms with Crippen LogP contribution in [0, 0.1) is 11.8 Å². The number of hydrogen-bond donors (Lipinski definition) is 0. The lowest BCUT2D eigenvalue weighted by Gasteiger charge is -2.42. The largest absolute Gasteiger partial charge is 0.227 e. The molecule has 0 saturated carbocycles. The summed E-state index contributed by atoms with van der Waals surface area (Å²) in [7, 11) is -3.36. The van der Waals surface area contributed by atoms with E-state index in [9.17, 15) is 8.42 Å². The second-order valence-electron chi connectivity index (χ2n) is 5.94. The number of allylic oxidation sites excluding steroid dienone is 6. The molecule has 0 aromatic heterocycles. The SMILES string of the molecule is CC1C=CC=CC1(C)S(=O)(=O)C1(C)C=CC=CC1C. The van der Waals surface area contributed by atoms with Crippen LogP contribution in [0.3, 0.4) is 0 Å². The number of sulfone groups is 1. The molecule has 4 atom stereocenters. The van der Waals surface area contributed by atoms with Gasteiger partial charge in [-0.25, -0.2) is 8.42 Å². The molecule has 2 rings (SSSR count). The molecule has 0 radical (unpaired) electrons. The highest BCUT2D eigenvalue weighted by molar-refractivity contribution is 7.94. The summed E-state index contributed by atoms with van der Waals surface area (Å²) in [6.45, 7) is 7.59. The maximum absolute atomic E-state index is 13.2. The molecule has 0 aromatic carbocycles. The first kappa shape index (κ1) is 14.3. The first-order chi connectivity index (χ1) is 8.76. The smallest absolute Gasteiger partial charge is 0.169 e. The Morgan fingerprint density at radius 3 is 1.47 bits per heavy atom. The standard InChI is InChI=1S/C16H22O2S/c1-13-9-5-7-11-15(13,3)19(17,18)16(4)12-8-6-10-14(16)2/h5-14H,1-4H3. The zero-order chi connectivity index (χ0) is 14.3. The van der Waals surface area contributed by atoms with Gasteiger partial charge in [-0.2, -0.15) is 0 Å². The van der Waals surface area contributed by atoms with Gasteiger partial charge in [-0.15, -0.1) is 0 Å². The van der Waals surface area contributed by atoms with Crippen LogP contribution in [-0.4, -0.2) is 17.9 Å². The second-order valence-corrected chi connectivity index (χ2v) is 8.70. The van der Waals surface area contributed by atoms with E-state index in [0.717, 1.165) is 0 Å². The fourth-order valence-corrected chi connectivity index (χ4v) is 5.38. The predicted molar refractivity (Wildman–Crippen MR) is 80.6 cm³/mol. The van der Waals surface area contributed by atoms with Crippen molar-refractivity contribution in [1.29, 1.82) is 0 Å². The summed E-state index contributed by atoms with van der Waals surface area (Å²) in [5.74, 6) is -0.0448. The molecule has 0 bridgehead atoms. The molecular formula is C16H22O2S. The lowest BCUT2D eigenvalue weighted by molar-refractivity contribution is 0.463. The molecule has 0 aliphatic heterocycles. The molecule has 0 saturated heterocycles. The van der Waals surface area contributed by atoms with Gasteiger partial charge in [-0.05, 0) is 25.7 Å². The molecule has 4 unspecified atom stereocenters. The van der Waals surface area contributed by atoms with Crippen LogP contribution in [-0.2, 0) is 9.84 Å². The summed E-state index contributed by atoms with van der Waals surface area (Å²) in [5.41, 5.74) is 0. The lowest BCUT2D eigenvalue weighted by atomic mass is 9.89. The van der Waals surface area contributed by atoms with E-state index >= 15 is 0 Å². The monoisotopic (exact) mass is 278 g/mol. The molecular weight excluding hydrogens is 256 g/mol. The van der Waals surface area contributed by atoms with Gasteiger partial charge < -0.3 is 0 Å². The minimum Gasteiger partial charge on any atom is -0.227 e. The van der Waals surface area contributed by atoms with E-state index in [4.69, 9.17) is 0 Å². The van der Waals surface area contributed by atoms with Crippen LogP contribution in [0.2, 0.25) is 0 Å². The highest BCUT2D eigenvalue weighted by Gasteiger charge is 2.53. The first-order valence-corrected chi connectivity index (χ1v) is 8.20. The molecule has 0 N–H and O–H groups in total. The van der Waals surface area contributed by atoms with Gasteiger partial charge in [-0.1, -0.05) is 62.5 Å². The van der Waals surface area contributed by atoms with E-state index in [2.05, 4.69) is 0 Å². The third kappa shape index (κ3) is 1.86. The topological polar surface area (TPSA) is 34.1 Å². The van der Waals surface area contributed by atoms with Crippen LogP contribution >= 0.6 is 0 Å². The van der Waals surface area contributed by atoms with Crippen molar-refractivity contribution in [2.45, 2.75) is 37.2 Å². The van der Waals surface area contributed by atoms with Gasteiger partial charge in [0, 0.05) is 0 Å². The molecule has 3 heteroatoms. The molecule has 104 valence electrons. The van der Waals surface area contributed by atoms with E-state index in [1.165, 1.54) is 0 Å². The highest BCUT2D eigenvalue weighted by Crippen LogP contribution is 2.43. The van der Waals surface area contributed by atoms with Gasteiger partial charge >= 0.3 is 0 Å². The van der Waals surface area contributed by atoms with Crippen molar-refractivity contribution in [3.05, 3.63) is 48.6 Å². The molecule has 2 aliphatic carbocycles. The van der Waals surface area contributed by atoms with Gasteiger partial charge in [0.15, 0.2) is 9.84 Å². The zero-order valence-electron chi connectivity index (χ0n) is 12.0. The van der Waals surface area contributed by atoms with E-state index in [1.807, 2.05) is 76.3 Å². The Morgan fingerprint density at radius 1 is 0.789 bits per heavy atom. The number of rotatable bonds is 2. The molecule has 0 spiro atoms. The van der Waals surface area contributed by atoms with Crippen molar-refractivity contribution < 1.29 is 8.42 Å². The average Bonchev–Trinajstić information content (AvgIpc) is 2.36. The van der Waals surface area contributed by atoms with Crippen LogP contribution in [0.5, 0.6) is 0 Å². The van der Waals surface area contributed by atoms with Crippen molar-refractivity contribution in [2.75, 3.05) is 0 Å². The number of hydrogen-bond acceptors (Lipinski definition) is 2.